The minimum Gasteiger partial charge on any atom is -0.480 e. The molecule has 0 aromatic heterocycles. The van der Waals surface area contributed by atoms with E-state index in [9.17, 15) is 19.2 Å². The van der Waals surface area contributed by atoms with E-state index in [0.717, 1.165) is 13.0 Å². The molecule has 0 unspecified atom stereocenters. The number of amides is 3. The molecule has 1 aliphatic heterocycles. The first-order chi connectivity index (χ1) is 9.81. The average Bonchev–Trinajstić information content (AvgIpc) is 2.90. The maximum atomic E-state index is 11.8. The van der Waals surface area contributed by atoms with Gasteiger partial charge in [-0.25, -0.2) is 4.79 Å². The van der Waals surface area contributed by atoms with Gasteiger partial charge in [0.2, 0.25) is 17.7 Å². The lowest BCUT2D eigenvalue weighted by molar-refractivity contribution is -0.143. The summed E-state index contributed by atoms with van der Waals surface area (Å²) in [6.45, 7) is 2.18. The summed E-state index contributed by atoms with van der Waals surface area (Å²) in [6, 6.07) is -2.64. The molecule has 0 aromatic carbocycles. The molecule has 1 heterocycles. The van der Waals surface area contributed by atoms with Crippen LogP contribution in [0.2, 0.25) is 0 Å². The Morgan fingerprint density at radius 2 is 2.00 bits per heavy atom. The smallest absolute Gasteiger partial charge is 0.326 e. The van der Waals surface area contributed by atoms with Crippen LogP contribution in [-0.4, -0.2) is 53.5 Å². The molecule has 3 atom stereocenters. The van der Waals surface area contributed by atoms with Crippen LogP contribution in [0.4, 0.5) is 0 Å². The summed E-state index contributed by atoms with van der Waals surface area (Å²) in [7, 11) is 0. The Bertz CT molecular complexity index is 433. The van der Waals surface area contributed by atoms with Crippen molar-refractivity contribution < 1.29 is 24.3 Å². The van der Waals surface area contributed by atoms with Crippen molar-refractivity contribution in [2.45, 2.75) is 44.3 Å². The van der Waals surface area contributed by atoms with E-state index in [2.05, 4.69) is 16.0 Å². The molecule has 9 heteroatoms. The lowest BCUT2D eigenvalue weighted by atomic mass is 10.1. The van der Waals surface area contributed by atoms with Gasteiger partial charge >= 0.3 is 5.97 Å². The van der Waals surface area contributed by atoms with Crippen LogP contribution in [-0.2, 0) is 19.2 Å². The number of hydrogen-bond acceptors (Lipinski definition) is 5. The predicted molar refractivity (Wildman–Crippen MR) is 72.0 cm³/mol. The molecule has 0 aromatic rings. The Labute approximate surface area is 121 Å². The number of carbonyl (C=O) groups excluding carboxylic acids is 3. The van der Waals surface area contributed by atoms with Gasteiger partial charge in [-0.1, -0.05) is 0 Å². The van der Waals surface area contributed by atoms with Crippen molar-refractivity contribution in [1.82, 2.24) is 16.0 Å². The molecule has 0 spiro atoms. The van der Waals surface area contributed by atoms with Crippen LogP contribution in [0, 0.1) is 0 Å². The quantitative estimate of drug-likeness (QED) is 0.356. The third-order valence-corrected chi connectivity index (χ3v) is 3.15. The van der Waals surface area contributed by atoms with Crippen LogP contribution in [0.5, 0.6) is 0 Å². The maximum Gasteiger partial charge on any atom is 0.326 e. The summed E-state index contributed by atoms with van der Waals surface area (Å²) < 4.78 is 0. The second kappa shape index (κ2) is 7.58. The predicted octanol–water partition coefficient (Wildman–Crippen LogP) is -2.31. The van der Waals surface area contributed by atoms with E-state index >= 15 is 0 Å². The van der Waals surface area contributed by atoms with Crippen LogP contribution in [0.3, 0.4) is 0 Å². The molecule has 0 aliphatic carbocycles. The van der Waals surface area contributed by atoms with Gasteiger partial charge in [0.05, 0.1) is 12.5 Å². The minimum absolute atomic E-state index is 0.308. The monoisotopic (exact) mass is 300 g/mol. The number of primary amides is 1. The molecule has 0 saturated carbocycles. The number of aliphatic carboxylic acids is 1. The highest BCUT2D eigenvalue weighted by Gasteiger charge is 2.28. The molecule has 21 heavy (non-hydrogen) atoms. The van der Waals surface area contributed by atoms with E-state index in [4.69, 9.17) is 10.8 Å². The maximum absolute atomic E-state index is 11.8. The van der Waals surface area contributed by atoms with Crippen LogP contribution in [0.15, 0.2) is 0 Å². The lowest BCUT2D eigenvalue weighted by Crippen LogP contribution is -2.53. The summed E-state index contributed by atoms with van der Waals surface area (Å²) in [6.07, 6.45) is 1.07. The van der Waals surface area contributed by atoms with Gasteiger partial charge in [-0.3, -0.25) is 14.4 Å². The molecule has 1 fully saturated rings. The van der Waals surface area contributed by atoms with E-state index < -0.39 is 36.3 Å². The van der Waals surface area contributed by atoms with Gasteiger partial charge in [-0.15, -0.1) is 0 Å². The first-order valence-electron chi connectivity index (χ1n) is 6.66. The summed E-state index contributed by atoms with van der Waals surface area (Å²) in [5.74, 6) is -3.19. The number of carbonyl (C=O) groups is 4. The second-order valence-corrected chi connectivity index (χ2v) is 4.95. The summed E-state index contributed by atoms with van der Waals surface area (Å²) in [4.78, 5) is 45.3. The molecule has 9 nitrogen and oxygen atoms in total. The summed E-state index contributed by atoms with van der Waals surface area (Å²) in [5.41, 5.74) is 4.91. The van der Waals surface area contributed by atoms with E-state index in [1.807, 2.05) is 0 Å². The average molecular weight is 300 g/mol. The number of nitrogens with one attached hydrogen (secondary N) is 3. The third kappa shape index (κ3) is 5.38. The minimum atomic E-state index is -1.40. The van der Waals surface area contributed by atoms with Gasteiger partial charge in [-0.2, -0.15) is 0 Å². The molecule has 3 amide bonds. The van der Waals surface area contributed by atoms with Crippen molar-refractivity contribution in [3.63, 3.8) is 0 Å². The van der Waals surface area contributed by atoms with Gasteiger partial charge in [0, 0.05) is 0 Å². The zero-order valence-corrected chi connectivity index (χ0v) is 11.7. The second-order valence-electron chi connectivity index (χ2n) is 4.95. The molecule has 0 radical (unpaired) electrons. The molecule has 0 bridgehead atoms. The Morgan fingerprint density at radius 1 is 1.33 bits per heavy atom. The zero-order chi connectivity index (χ0) is 16.0. The van der Waals surface area contributed by atoms with Crippen LogP contribution in [0.1, 0.15) is 26.2 Å². The Hall–Kier alpha value is -2.16. The third-order valence-electron chi connectivity index (χ3n) is 3.15. The molecule has 1 saturated heterocycles. The Balaban J connectivity index is 2.50. The molecular weight excluding hydrogens is 280 g/mol. The fraction of sp³-hybridized carbons (Fsp3) is 0.667. The fourth-order valence-electron chi connectivity index (χ4n) is 1.99. The summed E-state index contributed by atoms with van der Waals surface area (Å²) in [5, 5.41) is 16.5. The molecular formula is C12H20N4O5. The zero-order valence-electron chi connectivity index (χ0n) is 11.7. The Morgan fingerprint density at radius 3 is 2.48 bits per heavy atom. The van der Waals surface area contributed by atoms with Crippen molar-refractivity contribution in [1.29, 1.82) is 0 Å². The van der Waals surface area contributed by atoms with Gasteiger partial charge in [0.1, 0.15) is 12.1 Å². The number of nitrogens with two attached hydrogens (primary N) is 1. The number of rotatable bonds is 7. The standard InChI is InChI=1S/C12H20N4O5/c1-6(15-11(19)7-3-2-4-14-7)10(18)16-8(12(20)21)5-9(13)17/h6-8,14H,2-5H2,1H3,(H2,13,17)(H,15,19)(H,16,18)(H,20,21)/t6-,7-,8-/m0/s1. The van der Waals surface area contributed by atoms with E-state index in [1.165, 1.54) is 6.92 Å². The van der Waals surface area contributed by atoms with Crippen molar-refractivity contribution >= 4 is 23.7 Å². The number of hydrogen-bond donors (Lipinski definition) is 5. The largest absolute Gasteiger partial charge is 0.480 e. The molecule has 1 aliphatic rings. The van der Waals surface area contributed by atoms with Crippen LogP contribution in [0.25, 0.3) is 0 Å². The number of carboxylic acid groups (broad SMARTS) is 1. The first-order valence-corrected chi connectivity index (χ1v) is 6.66. The van der Waals surface area contributed by atoms with Crippen molar-refractivity contribution in [2.24, 2.45) is 5.73 Å². The molecule has 1 rings (SSSR count). The van der Waals surface area contributed by atoms with Crippen LogP contribution >= 0.6 is 0 Å². The highest BCUT2D eigenvalue weighted by Crippen LogP contribution is 2.05. The topological polar surface area (TPSA) is 151 Å². The van der Waals surface area contributed by atoms with E-state index in [-0.39, 0.29) is 11.9 Å². The SMILES string of the molecule is C[C@H](NC(=O)[C@@H]1CCCN1)C(=O)N[C@@H](CC(N)=O)C(=O)O. The van der Waals surface area contributed by atoms with Crippen molar-refractivity contribution in [3.05, 3.63) is 0 Å². The fourth-order valence-corrected chi connectivity index (χ4v) is 1.99. The van der Waals surface area contributed by atoms with E-state index in [0.29, 0.717) is 6.42 Å². The Kier molecular flexibility index (Phi) is 6.10. The van der Waals surface area contributed by atoms with Gasteiger partial charge < -0.3 is 26.8 Å². The van der Waals surface area contributed by atoms with Gasteiger partial charge in [0.25, 0.3) is 0 Å². The molecule has 118 valence electrons. The highest BCUT2D eigenvalue weighted by atomic mass is 16.4. The normalized spacial score (nSPS) is 20.3. The van der Waals surface area contributed by atoms with Gasteiger partial charge in [-0.05, 0) is 26.3 Å². The van der Waals surface area contributed by atoms with Crippen LogP contribution < -0.4 is 21.7 Å². The number of carboxylic acids is 1. The first kappa shape index (κ1) is 16.9. The van der Waals surface area contributed by atoms with Crippen molar-refractivity contribution in [2.75, 3.05) is 6.54 Å². The molecule has 6 N–H and O–H groups in total. The van der Waals surface area contributed by atoms with Crippen molar-refractivity contribution in [3.8, 4) is 0 Å². The lowest BCUT2D eigenvalue weighted by Gasteiger charge is -2.19. The van der Waals surface area contributed by atoms with Gasteiger partial charge in [0.15, 0.2) is 0 Å². The summed E-state index contributed by atoms with van der Waals surface area (Å²) >= 11 is 0. The highest BCUT2D eigenvalue weighted by molar-refractivity contribution is 5.93. The van der Waals surface area contributed by atoms with E-state index in [1.54, 1.807) is 0 Å².